The number of benzene rings is 2. The predicted molar refractivity (Wildman–Crippen MR) is 115 cm³/mol. The van der Waals surface area contributed by atoms with Crippen molar-refractivity contribution in [2.24, 2.45) is 5.92 Å². The van der Waals surface area contributed by atoms with Gasteiger partial charge in [0.05, 0.1) is 5.69 Å². The van der Waals surface area contributed by atoms with Gasteiger partial charge in [-0.2, -0.15) is 0 Å². The summed E-state index contributed by atoms with van der Waals surface area (Å²) in [6.07, 6.45) is 4.31. The number of Topliss-reactive ketones (excluding diaryl/α,β-unsaturated/α-hetero) is 1. The second-order valence-corrected chi connectivity index (χ2v) is 8.38. The number of nitrogens with zero attached hydrogens (tertiary/aromatic N) is 1. The van der Waals surface area contributed by atoms with Crippen molar-refractivity contribution in [1.29, 1.82) is 0 Å². The number of nitrogens with one attached hydrogen (secondary N) is 1. The van der Waals surface area contributed by atoms with Gasteiger partial charge in [-0.05, 0) is 48.7 Å². The van der Waals surface area contributed by atoms with Crippen LogP contribution in [0.3, 0.4) is 0 Å². The molecule has 2 aliphatic heterocycles. The number of amides is 1. The van der Waals surface area contributed by atoms with E-state index in [1.54, 1.807) is 0 Å². The van der Waals surface area contributed by atoms with E-state index in [1.165, 1.54) is 0 Å². The van der Waals surface area contributed by atoms with Gasteiger partial charge in [-0.25, -0.2) is 0 Å². The third kappa shape index (κ3) is 3.19. The molecule has 1 amide bonds. The average molecular weight is 414 g/mol. The molecule has 3 aromatic rings. The fourth-order valence-corrected chi connectivity index (χ4v) is 4.48. The van der Waals surface area contributed by atoms with Crippen molar-refractivity contribution in [3.8, 4) is 17.2 Å². The number of aromatic nitrogens is 1. The van der Waals surface area contributed by atoms with Crippen molar-refractivity contribution in [1.82, 2.24) is 4.57 Å². The highest BCUT2D eigenvalue weighted by Crippen LogP contribution is 2.41. The van der Waals surface area contributed by atoms with Crippen molar-refractivity contribution in [2.75, 3.05) is 18.5 Å². The van der Waals surface area contributed by atoms with Gasteiger partial charge < -0.3 is 19.4 Å². The summed E-state index contributed by atoms with van der Waals surface area (Å²) in [4.78, 5) is 25.3. The molecule has 1 fully saturated rings. The van der Waals surface area contributed by atoms with Gasteiger partial charge in [0.2, 0.25) is 5.91 Å². The van der Waals surface area contributed by atoms with Gasteiger partial charge in [-0.3, -0.25) is 9.59 Å². The van der Waals surface area contributed by atoms with Crippen molar-refractivity contribution in [3.63, 3.8) is 0 Å². The molecular weight excluding hydrogens is 392 g/mol. The number of fused-ring (bicyclic) bond motifs is 4. The largest absolute Gasteiger partial charge is 0.486 e. The molecule has 3 heterocycles. The molecule has 1 aliphatic carbocycles. The Bertz CT molecular complexity index is 1190. The van der Waals surface area contributed by atoms with Crippen LogP contribution in [0.4, 0.5) is 5.69 Å². The monoisotopic (exact) mass is 414 g/mol. The lowest BCUT2D eigenvalue weighted by Crippen LogP contribution is -2.16. The van der Waals surface area contributed by atoms with E-state index in [-0.39, 0.29) is 23.5 Å². The van der Waals surface area contributed by atoms with E-state index >= 15 is 0 Å². The van der Waals surface area contributed by atoms with E-state index in [0.29, 0.717) is 36.7 Å². The quantitative estimate of drug-likeness (QED) is 0.693. The van der Waals surface area contributed by atoms with Gasteiger partial charge in [0.25, 0.3) is 0 Å². The van der Waals surface area contributed by atoms with E-state index in [0.717, 1.165) is 35.5 Å². The predicted octanol–water partition coefficient (Wildman–Crippen LogP) is 4.32. The number of hydrogen-bond donors (Lipinski definition) is 1. The molecule has 31 heavy (non-hydrogen) atoms. The van der Waals surface area contributed by atoms with Gasteiger partial charge in [0, 0.05) is 47.5 Å². The average Bonchev–Trinajstić information content (AvgIpc) is 3.56. The molecule has 1 unspecified atom stereocenters. The Balaban J connectivity index is 1.36. The second kappa shape index (κ2) is 7.01. The third-order valence-electron chi connectivity index (χ3n) is 6.28. The fourth-order valence-electron chi connectivity index (χ4n) is 4.48. The van der Waals surface area contributed by atoms with E-state index in [1.807, 2.05) is 48.7 Å². The number of anilines is 1. The topological polar surface area (TPSA) is 69.6 Å². The highest BCUT2D eigenvalue weighted by molar-refractivity contribution is 6.01. The molecule has 0 bridgehead atoms. The fraction of sp³-hybridized carbons (Fsp3) is 0.280. The number of hydrogen-bond acceptors (Lipinski definition) is 4. The number of ketones is 1. The van der Waals surface area contributed by atoms with Gasteiger partial charge in [-0.15, -0.1) is 0 Å². The molecule has 0 radical (unpaired) electrons. The summed E-state index contributed by atoms with van der Waals surface area (Å²) < 4.78 is 13.5. The minimum absolute atomic E-state index is 0.0757. The van der Waals surface area contributed by atoms with E-state index in [4.69, 9.17) is 9.47 Å². The molecule has 2 aromatic carbocycles. The SMILES string of the molecule is O=C1CC(c2ccc(NC(=O)C3CC3)cc2)c2cccn2-c2cc3c(cc21)OCCO3. The van der Waals surface area contributed by atoms with Crippen LogP contribution in [-0.4, -0.2) is 29.5 Å². The lowest BCUT2D eigenvalue weighted by Gasteiger charge is -2.21. The van der Waals surface area contributed by atoms with E-state index in [2.05, 4.69) is 16.0 Å². The Morgan fingerprint density at radius 2 is 1.74 bits per heavy atom. The molecule has 0 spiro atoms. The molecule has 1 saturated carbocycles. The Morgan fingerprint density at radius 3 is 2.48 bits per heavy atom. The first-order valence-corrected chi connectivity index (χ1v) is 10.7. The normalized spacial score (nSPS) is 19.2. The number of rotatable bonds is 3. The van der Waals surface area contributed by atoms with E-state index in [9.17, 15) is 9.59 Å². The maximum atomic E-state index is 13.3. The first-order chi connectivity index (χ1) is 15.2. The first kappa shape index (κ1) is 18.2. The first-order valence-electron chi connectivity index (χ1n) is 10.7. The zero-order valence-corrected chi connectivity index (χ0v) is 17.0. The molecular formula is C25H22N2O4. The lowest BCUT2D eigenvalue weighted by molar-refractivity contribution is -0.117. The highest BCUT2D eigenvalue weighted by atomic mass is 16.6. The molecule has 1 atom stereocenters. The van der Waals surface area contributed by atoms with Crippen LogP contribution in [-0.2, 0) is 4.79 Å². The van der Waals surface area contributed by atoms with Crippen LogP contribution in [0.5, 0.6) is 11.5 Å². The summed E-state index contributed by atoms with van der Waals surface area (Å²) >= 11 is 0. The van der Waals surface area contributed by atoms with Gasteiger partial charge in [-0.1, -0.05) is 12.1 Å². The van der Waals surface area contributed by atoms with Crippen molar-refractivity contribution in [3.05, 3.63) is 71.5 Å². The summed E-state index contributed by atoms with van der Waals surface area (Å²) in [7, 11) is 0. The lowest BCUT2D eigenvalue weighted by atomic mass is 9.90. The Kier molecular flexibility index (Phi) is 4.13. The van der Waals surface area contributed by atoms with E-state index < -0.39 is 0 Å². The molecule has 156 valence electrons. The van der Waals surface area contributed by atoms with Gasteiger partial charge in [0.15, 0.2) is 17.3 Å². The highest BCUT2D eigenvalue weighted by Gasteiger charge is 2.31. The van der Waals surface area contributed by atoms with Crippen LogP contribution in [0, 0.1) is 5.92 Å². The van der Waals surface area contributed by atoms with Crippen LogP contribution < -0.4 is 14.8 Å². The van der Waals surface area contributed by atoms with Crippen molar-refractivity contribution in [2.45, 2.75) is 25.2 Å². The molecule has 6 heteroatoms. The molecule has 1 N–H and O–H groups in total. The number of carbonyl (C=O) groups excluding carboxylic acids is 2. The van der Waals surface area contributed by atoms with Crippen LogP contribution >= 0.6 is 0 Å². The molecule has 0 saturated heterocycles. The van der Waals surface area contributed by atoms with Crippen LogP contribution in [0.25, 0.3) is 5.69 Å². The maximum Gasteiger partial charge on any atom is 0.227 e. The summed E-state index contributed by atoms with van der Waals surface area (Å²) in [6.45, 7) is 0.992. The maximum absolute atomic E-state index is 13.3. The van der Waals surface area contributed by atoms with Crippen molar-refractivity contribution < 1.29 is 19.1 Å². The molecule has 6 rings (SSSR count). The zero-order valence-electron chi connectivity index (χ0n) is 17.0. The van der Waals surface area contributed by atoms with Crippen molar-refractivity contribution >= 4 is 17.4 Å². The summed E-state index contributed by atoms with van der Waals surface area (Å²) in [5.41, 5.74) is 4.37. The summed E-state index contributed by atoms with van der Waals surface area (Å²) in [6, 6.07) is 15.6. The zero-order chi connectivity index (χ0) is 20.9. The Labute approximate surface area is 179 Å². The van der Waals surface area contributed by atoms with Crippen LogP contribution in [0.15, 0.2) is 54.7 Å². The Hall–Kier alpha value is -3.54. The molecule has 1 aromatic heterocycles. The number of ether oxygens (including phenoxy) is 2. The molecule has 6 nitrogen and oxygen atoms in total. The summed E-state index contributed by atoms with van der Waals surface area (Å²) in [5.74, 6) is 1.55. The second-order valence-electron chi connectivity index (χ2n) is 8.38. The standard InChI is InChI=1S/C25H22N2O4/c28-22-12-18(15-5-7-17(8-6-15)26-25(29)16-3-4-16)20-2-1-9-27(20)21-14-24-23(13-19(21)22)30-10-11-31-24/h1-2,5-9,13-14,16,18H,3-4,10-12H2,(H,26,29). The van der Waals surface area contributed by atoms with Crippen LogP contribution in [0.1, 0.15) is 46.8 Å². The summed E-state index contributed by atoms with van der Waals surface area (Å²) in [5, 5.41) is 2.98. The minimum Gasteiger partial charge on any atom is -0.486 e. The molecule has 3 aliphatic rings. The van der Waals surface area contributed by atoms with Gasteiger partial charge in [0.1, 0.15) is 13.2 Å². The van der Waals surface area contributed by atoms with Gasteiger partial charge >= 0.3 is 0 Å². The smallest absolute Gasteiger partial charge is 0.227 e. The minimum atomic E-state index is -0.0815. The Morgan fingerprint density at radius 1 is 1.00 bits per heavy atom. The van der Waals surface area contributed by atoms with Crippen LogP contribution in [0.2, 0.25) is 0 Å². The third-order valence-corrected chi connectivity index (χ3v) is 6.28. The number of carbonyl (C=O) groups is 2.